The molecule has 0 amide bonds. The van der Waals surface area contributed by atoms with Gasteiger partial charge in [-0.05, 0) is 58.8 Å². The van der Waals surface area contributed by atoms with Gasteiger partial charge in [0.25, 0.3) is 5.56 Å². The van der Waals surface area contributed by atoms with Crippen molar-refractivity contribution in [3.63, 3.8) is 0 Å². The molecule has 13 heteroatoms. The third kappa shape index (κ3) is 5.94. The van der Waals surface area contributed by atoms with Crippen LogP contribution < -0.4 is 19.6 Å². The van der Waals surface area contributed by atoms with Gasteiger partial charge >= 0.3 is 12.1 Å². The minimum Gasteiger partial charge on any atom is -0.479 e. The SMILES string of the molecule is C#CCOc1c(Br)cc(Cl)cc1/C=c1\sc2n(c1=O)[C@@H](c1ccc(Cl)cc1)C(C(=O)OCC)=C(C(F)(F)F)N=2. The zero-order valence-electron chi connectivity index (χ0n) is 19.8. The molecule has 0 fully saturated rings. The molecule has 0 unspecified atom stereocenters. The molecule has 4 rings (SSSR count). The topological polar surface area (TPSA) is 69.9 Å². The van der Waals surface area contributed by atoms with Crippen molar-refractivity contribution in [3.8, 4) is 18.1 Å². The van der Waals surface area contributed by atoms with Crippen LogP contribution in [-0.4, -0.2) is 29.9 Å². The molecule has 1 atom stereocenters. The second-order valence-corrected chi connectivity index (χ2v) is 10.6. The van der Waals surface area contributed by atoms with Crippen LogP contribution in [0.3, 0.4) is 0 Å². The Kier molecular flexibility index (Phi) is 8.61. The fourth-order valence-electron chi connectivity index (χ4n) is 3.90. The summed E-state index contributed by atoms with van der Waals surface area (Å²) in [6.07, 6.45) is 1.69. The summed E-state index contributed by atoms with van der Waals surface area (Å²) in [5.74, 6) is 1.37. The highest BCUT2D eigenvalue weighted by Gasteiger charge is 2.45. The van der Waals surface area contributed by atoms with Gasteiger partial charge in [-0.2, -0.15) is 13.2 Å². The Morgan fingerprint density at radius 3 is 2.56 bits per heavy atom. The molecule has 1 aromatic heterocycles. The number of carbonyl (C=O) groups excluding carboxylic acids is 1. The molecule has 2 aromatic carbocycles. The van der Waals surface area contributed by atoms with Gasteiger partial charge in [0.1, 0.15) is 12.4 Å². The monoisotopic (exact) mass is 658 g/mol. The number of ether oxygens (including phenoxy) is 2. The van der Waals surface area contributed by atoms with Gasteiger partial charge < -0.3 is 9.47 Å². The normalized spacial score (nSPS) is 15.4. The summed E-state index contributed by atoms with van der Waals surface area (Å²) in [7, 11) is 0. The smallest absolute Gasteiger partial charge is 0.434 e. The van der Waals surface area contributed by atoms with Gasteiger partial charge in [0.05, 0.1) is 27.2 Å². The lowest BCUT2D eigenvalue weighted by Crippen LogP contribution is -2.41. The van der Waals surface area contributed by atoms with Crippen molar-refractivity contribution in [2.45, 2.75) is 19.1 Å². The highest BCUT2D eigenvalue weighted by molar-refractivity contribution is 9.10. The largest absolute Gasteiger partial charge is 0.479 e. The fraction of sp³-hybridized carbons (Fsp3) is 0.192. The number of hydrogen-bond donors (Lipinski definition) is 0. The van der Waals surface area contributed by atoms with E-state index in [0.29, 0.717) is 31.4 Å². The maximum Gasteiger partial charge on any atom is 0.434 e. The van der Waals surface area contributed by atoms with Gasteiger partial charge in [-0.15, -0.1) is 6.42 Å². The molecule has 3 aromatic rings. The average Bonchev–Trinajstić information content (AvgIpc) is 3.17. The molecule has 2 heterocycles. The predicted molar refractivity (Wildman–Crippen MR) is 146 cm³/mol. The second-order valence-electron chi connectivity index (χ2n) is 7.91. The summed E-state index contributed by atoms with van der Waals surface area (Å²) in [6.45, 7) is 1.19. The molecule has 0 bridgehead atoms. The van der Waals surface area contributed by atoms with Crippen molar-refractivity contribution in [1.82, 2.24) is 4.57 Å². The minimum absolute atomic E-state index is 0.0130. The van der Waals surface area contributed by atoms with Crippen molar-refractivity contribution in [3.05, 3.63) is 93.0 Å². The van der Waals surface area contributed by atoms with E-state index in [2.05, 4.69) is 26.8 Å². The van der Waals surface area contributed by atoms with E-state index in [4.69, 9.17) is 39.1 Å². The molecule has 1 aliphatic rings. The van der Waals surface area contributed by atoms with E-state index < -0.39 is 35.0 Å². The number of rotatable bonds is 6. The molecule has 202 valence electrons. The molecule has 0 spiro atoms. The zero-order valence-corrected chi connectivity index (χ0v) is 23.7. The minimum atomic E-state index is -5.02. The first kappa shape index (κ1) is 29.0. The Morgan fingerprint density at radius 2 is 1.95 bits per heavy atom. The maximum absolute atomic E-state index is 14.2. The Balaban J connectivity index is 2.05. The number of aromatic nitrogens is 1. The van der Waals surface area contributed by atoms with E-state index in [1.54, 1.807) is 6.07 Å². The lowest BCUT2D eigenvalue weighted by Gasteiger charge is -2.26. The third-order valence-corrected chi connectivity index (χ3v) is 7.45. The van der Waals surface area contributed by atoms with E-state index in [1.165, 1.54) is 43.3 Å². The standard InChI is InChI=1S/C26H16BrCl2F3N2O4S/c1-3-9-38-21-14(10-16(29)12-17(21)27)11-18-23(35)34-20(13-5-7-15(28)8-6-13)19(24(36)37-4-2)22(26(30,31)32)33-25(34)39-18/h1,5-8,10-12,20H,4,9H2,2H3/b18-11-/t20-/m0/s1. The van der Waals surface area contributed by atoms with Crippen LogP contribution >= 0.6 is 50.5 Å². The van der Waals surface area contributed by atoms with Crippen molar-refractivity contribution in [2.75, 3.05) is 13.2 Å². The van der Waals surface area contributed by atoms with Crippen LogP contribution in [0, 0.1) is 12.3 Å². The number of halogens is 6. The summed E-state index contributed by atoms with van der Waals surface area (Å²) < 4.78 is 54.7. The van der Waals surface area contributed by atoms with Crippen molar-refractivity contribution >= 4 is 62.5 Å². The molecule has 0 saturated heterocycles. The first-order valence-corrected chi connectivity index (χ1v) is 13.4. The van der Waals surface area contributed by atoms with E-state index >= 15 is 0 Å². The first-order chi connectivity index (χ1) is 18.5. The van der Waals surface area contributed by atoms with Crippen LogP contribution in [0.5, 0.6) is 5.75 Å². The summed E-state index contributed by atoms with van der Waals surface area (Å²) >= 11 is 16.2. The maximum atomic E-state index is 14.2. The van der Waals surface area contributed by atoms with Crippen LogP contribution in [0.2, 0.25) is 10.0 Å². The molecular formula is C26H16BrCl2F3N2O4S. The Bertz CT molecular complexity index is 1710. The van der Waals surface area contributed by atoms with E-state index in [-0.39, 0.29) is 33.9 Å². The van der Waals surface area contributed by atoms with Crippen LogP contribution in [-0.2, 0) is 9.53 Å². The van der Waals surface area contributed by atoms with E-state index in [9.17, 15) is 22.8 Å². The van der Waals surface area contributed by atoms with Gasteiger partial charge in [-0.25, -0.2) is 9.79 Å². The molecule has 0 N–H and O–H groups in total. The second kappa shape index (κ2) is 11.6. The summed E-state index contributed by atoms with van der Waals surface area (Å²) in [4.78, 5) is 30.1. The average molecular weight is 660 g/mol. The van der Waals surface area contributed by atoms with Crippen LogP contribution in [0.25, 0.3) is 6.08 Å². The summed E-state index contributed by atoms with van der Waals surface area (Å²) in [5.41, 5.74) is -2.40. The van der Waals surface area contributed by atoms with Gasteiger partial charge in [0, 0.05) is 15.6 Å². The van der Waals surface area contributed by atoms with Crippen LogP contribution in [0.1, 0.15) is 24.1 Å². The Hall–Kier alpha value is -3.04. The molecular weight excluding hydrogens is 644 g/mol. The number of thiazole rings is 1. The number of hydrogen-bond acceptors (Lipinski definition) is 6. The molecule has 1 aliphatic heterocycles. The number of esters is 1. The first-order valence-electron chi connectivity index (χ1n) is 11.1. The van der Waals surface area contributed by atoms with Gasteiger partial charge in [-0.3, -0.25) is 9.36 Å². The Labute approximate surface area is 242 Å². The highest BCUT2D eigenvalue weighted by Crippen LogP contribution is 2.39. The van der Waals surface area contributed by atoms with Gasteiger partial charge in [-0.1, -0.05) is 52.6 Å². The zero-order chi connectivity index (χ0) is 28.5. The quantitative estimate of drug-likeness (QED) is 0.262. The molecule has 0 aliphatic carbocycles. The van der Waals surface area contributed by atoms with Crippen LogP contribution in [0.4, 0.5) is 13.2 Å². The summed E-state index contributed by atoms with van der Waals surface area (Å²) in [6, 6.07) is 7.35. The van der Waals surface area contributed by atoms with E-state index in [1.807, 2.05) is 0 Å². The molecule has 6 nitrogen and oxygen atoms in total. The third-order valence-electron chi connectivity index (χ3n) is 5.40. The molecule has 0 radical (unpaired) electrons. The van der Waals surface area contributed by atoms with Crippen molar-refractivity contribution < 1.29 is 27.4 Å². The predicted octanol–water partition coefficient (Wildman–Crippen LogP) is 5.42. The number of terminal acetylenes is 1. The van der Waals surface area contributed by atoms with Crippen molar-refractivity contribution in [1.29, 1.82) is 0 Å². The molecule has 0 saturated carbocycles. The van der Waals surface area contributed by atoms with Crippen molar-refractivity contribution in [2.24, 2.45) is 4.99 Å². The Morgan fingerprint density at radius 1 is 1.26 bits per heavy atom. The lowest BCUT2D eigenvalue weighted by atomic mass is 9.95. The number of allylic oxidation sites excluding steroid dienone is 1. The van der Waals surface area contributed by atoms with E-state index in [0.717, 1.165) is 4.57 Å². The number of fused-ring (bicyclic) bond motifs is 1. The number of alkyl halides is 3. The summed E-state index contributed by atoms with van der Waals surface area (Å²) in [5, 5.41) is 0.617. The lowest BCUT2D eigenvalue weighted by molar-refractivity contribution is -0.140. The van der Waals surface area contributed by atoms with Gasteiger partial charge in [0.2, 0.25) is 0 Å². The van der Waals surface area contributed by atoms with Crippen LogP contribution in [0.15, 0.2) is 61.9 Å². The number of nitrogens with zero attached hydrogens (tertiary/aromatic N) is 2. The van der Waals surface area contributed by atoms with Gasteiger partial charge in [0.15, 0.2) is 10.5 Å². The number of carbonyl (C=O) groups is 1. The number of benzene rings is 2. The molecule has 39 heavy (non-hydrogen) atoms. The fourth-order valence-corrected chi connectivity index (χ4v) is 5.96. The highest BCUT2D eigenvalue weighted by atomic mass is 79.9.